The van der Waals surface area contributed by atoms with E-state index < -0.39 is 5.41 Å². The number of hydrogen-bond donors (Lipinski definition) is 0. The Morgan fingerprint density at radius 1 is 1.04 bits per heavy atom. The second kappa shape index (κ2) is 6.62. The highest BCUT2D eigenvalue weighted by Crippen LogP contribution is 2.50. The summed E-state index contributed by atoms with van der Waals surface area (Å²) < 4.78 is 11.1. The summed E-state index contributed by atoms with van der Waals surface area (Å²) in [6.07, 6.45) is 5.81. The van der Waals surface area contributed by atoms with Crippen LogP contribution in [0.1, 0.15) is 61.3 Å². The van der Waals surface area contributed by atoms with E-state index in [1.54, 1.807) is 0 Å². The van der Waals surface area contributed by atoms with Gasteiger partial charge in [0.05, 0.1) is 24.4 Å². The number of ether oxygens (including phenoxy) is 2. The lowest BCUT2D eigenvalue weighted by atomic mass is 9.62. The van der Waals surface area contributed by atoms with Crippen LogP contribution in [0.25, 0.3) is 0 Å². The summed E-state index contributed by atoms with van der Waals surface area (Å²) in [5.41, 5.74) is 0.318. The third-order valence-corrected chi connectivity index (χ3v) is 4.58. The molecule has 0 aromatic rings. The van der Waals surface area contributed by atoms with Crippen LogP contribution in [0.3, 0.4) is 0 Å². The van der Waals surface area contributed by atoms with Crippen molar-refractivity contribution in [1.29, 1.82) is 0 Å². The quantitative estimate of drug-likeness (QED) is 0.556. The molecule has 4 nitrogen and oxygen atoms in total. The molecule has 3 aliphatic rings. The van der Waals surface area contributed by atoms with Gasteiger partial charge >= 0.3 is 11.9 Å². The smallest absolute Gasteiger partial charge is 0.335 e. The molecule has 0 aliphatic heterocycles. The number of rotatable bonds is 4. The first-order chi connectivity index (χ1) is 11.3. The van der Waals surface area contributed by atoms with Crippen LogP contribution < -0.4 is 0 Å². The van der Waals surface area contributed by atoms with Crippen LogP contribution in [0.2, 0.25) is 0 Å². The van der Waals surface area contributed by atoms with Crippen LogP contribution in [0.4, 0.5) is 0 Å². The third-order valence-electron chi connectivity index (χ3n) is 4.58. The first kappa shape index (κ1) is 19.7. The standard InChI is InChI=1S/C21H32O4/c1-19(2,3)12-24-17(22)15-14-8-10-21(7,11-9-14)16(15)18(23)25-13-20(4,5)6/h8,10,14H,9,11-13H2,1-7H3. The van der Waals surface area contributed by atoms with Crippen molar-refractivity contribution in [3.8, 4) is 0 Å². The van der Waals surface area contributed by atoms with Gasteiger partial charge in [0.1, 0.15) is 0 Å². The molecule has 0 radical (unpaired) electrons. The van der Waals surface area contributed by atoms with Gasteiger partial charge in [-0.05, 0) is 23.7 Å². The second-order valence-electron chi connectivity index (χ2n) is 9.98. The van der Waals surface area contributed by atoms with Crippen LogP contribution in [0.15, 0.2) is 23.3 Å². The molecule has 0 amide bonds. The summed E-state index contributed by atoms with van der Waals surface area (Å²) in [7, 11) is 0. The zero-order valence-corrected chi connectivity index (χ0v) is 16.7. The number of hydrogen-bond acceptors (Lipinski definition) is 4. The lowest BCUT2D eigenvalue weighted by Gasteiger charge is -2.41. The minimum atomic E-state index is -0.445. The van der Waals surface area contributed by atoms with E-state index in [1.807, 2.05) is 54.5 Å². The molecule has 0 saturated carbocycles. The van der Waals surface area contributed by atoms with Gasteiger partial charge in [0.15, 0.2) is 0 Å². The number of allylic oxidation sites excluding steroid dienone is 2. The zero-order valence-electron chi connectivity index (χ0n) is 16.7. The first-order valence-corrected chi connectivity index (χ1v) is 9.11. The van der Waals surface area contributed by atoms with Crippen molar-refractivity contribution >= 4 is 11.9 Å². The average Bonchev–Trinajstić information content (AvgIpc) is 2.48. The Kier molecular flexibility index (Phi) is 5.23. The zero-order chi connectivity index (χ0) is 19.0. The van der Waals surface area contributed by atoms with Crippen LogP contribution in [-0.2, 0) is 19.1 Å². The van der Waals surface area contributed by atoms with Gasteiger partial charge in [-0.25, -0.2) is 9.59 Å². The van der Waals surface area contributed by atoms with Crippen LogP contribution in [0, 0.1) is 22.2 Å². The first-order valence-electron chi connectivity index (χ1n) is 9.11. The average molecular weight is 348 g/mol. The molecule has 0 heterocycles. The molecular weight excluding hydrogens is 316 g/mol. The molecule has 2 unspecified atom stereocenters. The Labute approximate surface area is 151 Å². The van der Waals surface area contributed by atoms with Crippen LogP contribution in [0.5, 0.6) is 0 Å². The summed E-state index contributed by atoms with van der Waals surface area (Å²) in [5.74, 6) is -0.807. The summed E-state index contributed by atoms with van der Waals surface area (Å²) in [6.45, 7) is 14.7. The van der Waals surface area contributed by atoms with Crippen molar-refractivity contribution in [1.82, 2.24) is 0 Å². The number of carbonyl (C=O) groups excluding carboxylic acids is 2. The predicted octanol–water partition coefficient (Wildman–Crippen LogP) is 4.45. The summed E-state index contributed by atoms with van der Waals surface area (Å²) in [5, 5.41) is 0. The molecule has 0 fully saturated rings. The molecule has 25 heavy (non-hydrogen) atoms. The Morgan fingerprint density at radius 2 is 1.56 bits per heavy atom. The van der Waals surface area contributed by atoms with Gasteiger partial charge in [0.2, 0.25) is 0 Å². The van der Waals surface area contributed by atoms with E-state index in [0.717, 1.165) is 12.8 Å². The van der Waals surface area contributed by atoms with E-state index in [2.05, 4.69) is 6.08 Å². The highest BCUT2D eigenvalue weighted by Gasteiger charge is 2.46. The Hall–Kier alpha value is -1.58. The number of carbonyl (C=O) groups is 2. The Morgan fingerprint density at radius 3 is 2.00 bits per heavy atom. The molecule has 0 N–H and O–H groups in total. The maximum absolute atomic E-state index is 12.8. The maximum Gasteiger partial charge on any atom is 0.335 e. The van der Waals surface area contributed by atoms with Crippen molar-refractivity contribution in [2.24, 2.45) is 22.2 Å². The van der Waals surface area contributed by atoms with Gasteiger partial charge in [-0.15, -0.1) is 0 Å². The monoisotopic (exact) mass is 348 g/mol. The van der Waals surface area contributed by atoms with E-state index in [1.165, 1.54) is 0 Å². The van der Waals surface area contributed by atoms with Crippen molar-refractivity contribution in [2.45, 2.75) is 61.3 Å². The maximum atomic E-state index is 12.8. The number of esters is 2. The molecule has 3 rings (SSSR count). The SMILES string of the molecule is CC(C)(C)COC(=O)C1=C(C(=O)OCC(C)(C)C)C2(C)C=CC1CC2. The molecule has 0 aromatic carbocycles. The van der Waals surface area contributed by atoms with Crippen molar-refractivity contribution < 1.29 is 19.1 Å². The molecule has 0 aromatic heterocycles. The van der Waals surface area contributed by atoms with Crippen LogP contribution in [-0.4, -0.2) is 25.2 Å². The number of fused-ring (bicyclic) bond motifs is 1. The van der Waals surface area contributed by atoms with Gasteiger partial charge < -0.3 is 9.47 Å². The largest absolute Gasteiger partial charge is 0.462 e. The second-order valence-corrected chi connectivity index (χ2v) is 9.98. The predicted molar refractivity (Wildman–Crippen MR) is 97.8 cm³/mol. The summed E-state index contributed by atoms with van der Waals surface area (Å²) in [6, 6.07) is 0. The van der Waals surface area contributed by atoms with Crippen molar-refractivity contribution in [3.05, 3.63) is 23.3 Å². The van der Waals surface area contributed by atoms with Crippen LogP contribution >= 0.6 is 0 Å². The Bertz CT molecular complexity index is 613. The third kappa shape index (κ3) is 4.74. The fraction of sp³-hybridized carbons (Fsp3) is 0.714. The van der Waals surface area contributed by atoms with Gasteiger partial charge in [0.25, 0.3) is 0 Å². The van der Waals surface area contributed by atoms with E-state index >= 15 is 0 Å². The van der Waals surface area contributed by atoms with Gasteiger partial charge in [-0.3, -0.25) is 0 Å². The van der Waals surface area contributed by atoms with E-state index in [9.17, 15) is 9.59 Å². The molecule has 0 spiro atoms. The fourth-order valence-corrected chi connectivity index (χ4v) is 3.22. The van der Waals surface area contributed by atoms with E-state index in [0.29, 0.717) is 24.4 Å². The molecule has 0 saturated heterocycles. The molecule has 2 bridgehead atoms. The fourth-order valence-electron chi connectivity index (χ4n) is 3.22. The van der Waals surface area contributed by atoms with Gasteiger partial charge in [-0.2, -0.15) is 0 Å². The minimum Gasteiger partial charge on any atom is -0.462 e. The molecule has 140 valence electrons. The molecular formula is C21H32O4. The normalized spacial score (nSPS) is 26.0. The lowest BCUT2D eigenvalue weighted by Crippen LogP contribution is -2.39. The lowest BCUT2D eigenvalue weighted by molar-refractivity contribution is -0.146. The van der Waals surface area contributed by atoms with Crippen molar-refractivity contribution in [3.63, 3.8) is 0 Å². The van der Waals surface area contributed by atoms with E-state index in [4.69, 9.17) is 9.47 Å². The highest BCUT2D eigenvalue weighted by molar-refractivity contribution is 6.03. The molecule has 4 heteroatoms. The molecule has 3 aliphatic carbocycles. The van der Waals surface area contributed by atoms with Crippen molar-refractivity contribution in [2.75, 3.05) is 13.2 Å². The Balaban J connectivity index is 2.30. The topological polar surface area (TPSA) is 52.6 Å². The summed E-state index contributed by atoms with van der Waals surface area (Å²) in [4.78, 5) is 25.6. The van der Waals surface area contributed by atoms with Gasteiger partial charge in [0, 0.05) is 11.3 Å². The van der Waals surface area contributed by atoms with Gasteiger partial charge in [-0.1, -0.05) is 60.6 Å². The minimum absolute atomic E-state index is 0.0496. The highest BCUT2D eigenvalue weighted by atomic mass is 16.5. The van der Waals surface area contributed by atoms with E-state index in [-0.39, 0.29) is 28.7 Å². The summed E-state index contributed by atoms with van der Waals surface area (Å²) >= 11 is 0. The molecule has 2 atom stereocenters.